The number of nitrogens with zero attached hydrogens (tertiary/aromatic N) is 4. The summed E-state index contributed by atoms with van der Waals surface area (Å²) < 4.78 is 32.6. The third-order valence-corrected chi connectivity index (χ3v) is 6.60. The largest absolute Gasteiger partial charge is 0.339 e. The Morgan fingerprint density at radius 1 is 1.25 bits per heavy atom. The van der Waals surface area contributed by atoms with Gasteiger partial charge in [-0.05, 0) is 26.7 Å². The number of hydrogen-bond donors (Lipinski definition) is 1. The number of piperidine rings is 1. The number of rotatable bonds is 4. The molecule has 0 aromatic carbocycles. The monoisotopic (exact) mass is 353 g/mol. The molecule has 9 heteroatoms. The molecule has 132 valence electrons. The first-order chi connectivity index (χ1) is 11.3. The molecule has 0 aliphatic carbocycles. The molecule has 24 heavy (non-hydrogen) atoms. The van der Waals surface area contributed by atoms with Gasteiger partial charge in [0.2, 0.25) is 15.9 Å². The molecule has 8 nitrogen and oxygen atoms in total. The molecular formula is C15H23N5O3S. The highest BCUT2D eigenvalue weighted by Crippen LogP contribution is 2.31. The van der Waals surface area contributed by atoms with Crippen LogP contribution in [0.5, 0.6) is 0 Å². The number of aromatic amines is 1. The molecule has 2 aromatic heterocycles. The first-order valence-corrected chi connectivity index (χ1v) is 9.60. The summed E-state index contributed by atoms with van der Waals surface area (Å²) in [6, 6.07) is 0. The van der Waals surface area contributed by atoms with Gasteiger partial charge in [0.15, 0.2) is 5.82 Å². The van der Waals surface area contributed by atoms with Crippen LogP contribution in [0.15, 0.2) is 9.42 Å². The Bertz CT molecular complexity index is 797. The average molecular weight is 353 g/mol. The van der Waals surface area contributed by atoms with Crippen molar-refractivity contribution in [1.82, 2.24) is 24.6 Å². The van der Waals surface area contributed by atoms with Gasteiger partial charge in [0.25, 0.3) is 0 Å². The standard InChI is InChI=1S/C15H23N5O3S/c1-9(2)14-16-15(23-19-14)12-5-7-20(8-6-12)24(21,22)13-10(3)17-18-11(13)4/h9,12H,5-8H2,1-4H3,(H,17,18). The number of nitrogens with one attached hydrogen (secondary N) is 1. The van der Waals surface area contributed by atoms with E-state index in [1.54, 1.807) is 13.8 Å². The van der Waals surface area contributed by atoms with E-state index in [0.29, 0.717) is 53.9 Å². The lowest BCUT2D eigenvalue weighted by molar-refractivity contribution is 0.270. The van der Waals surface area contributed by atoms with E-state index in [2.05, 4.69) is 20.3 Å². The molecule has 1 fully saturated rings. The van der Waals surface area contributed by atoms with Gasteiger partial charge in [0, 0.05) is 24.9 Å². The summed E-state index contributed by atoms with van der Waals surface area (Å²) >= 11 is 0. The van der Waals surface area contributed by atoms with E-state index in [-0.39, 0.29) is 11.8 Å². The summed E-state index contributed by atoms with van der Waals surface area (Å²) in [5.41, 5.74) is 1.08. The van der Waals surface area contributed by atoms with Gasteiger partial charge >= 0.3 is 0 Å². The van der Waals surface area contributed by atoms with Gasteiger partial charge in [-0.25, -0.2) is 8.42 Å². The smallest absolute Gasteiger partial charge is 0.246 e. The first kappa shape index (κ1) is 17.1. The molecule has 0 atom stereocenters. The van der Waals surface area contributed by atoms with Crippen LogP contribution >= 0.6 is 0 Å². The summed E-state index contributed by atoms with van der Waals surface area (Å²) in [6.45, 7) is 8.34. The van der Waals surface area contributed by atoms with Crippen molar-refractivity contribution in [3.8, 4) is 0 Å². The topological polar surface area (TPSA) is 105 Å². The molecule has 0 radical (unpaired) electrons. The van der Waals surface area contributed by atoms with Gasteiger partial charge < -0.3 is 4.52 Å². The highest BCUT2D eigenvalue weighted by Gasteiger charge is 2.34. The lowest BCUT2D eigenvalue weighted by Crippen LogP contribution is -2.38. The molecule has 3 heterocycles. The Kier molecular flexibility index (Phi) is 4.48. The van der Waals surface area contributed by atoms with Crippen LogP contribution in [-0.4, -0.2) is 46.2 Å². The molecule has 1 N–H and O–H groups in total. The van der Waals surface area contributed by atoms with Crippen molar-refractivity contribution in [1.29, 1.82) is 0 Å². The highest BCUT2D eigenvalue weighted by molar-refractivity contribution is 7.89. The molecule has 0 bridgehead atoms. The molecule has 0 amide bonds. The molecule has 1 saturated heterocycles. The lowest BCUT2D eigenvalue weighted by atomic mass is 9.98. The van der Waals surface area contributed by atoms with Crippen LogP contribution in [-0.2, 0) is 10.0 Å². The van der Waals surface area contributed by atoms with Gasteiger partial charge in [-0.2, -0.15) is 14.4 Å². The van der Waals surface area contributed by atoms with E-state index in [4.69, 9.17) is 4.52 Å². The zero-order valence-electron chi connectivity index (χ0n) is 14.4. The summed E-state index contributed by atoms with van der Waals surface area (Å²) in [5.74, 6) is 1.65. The van der Waals surface area contributed by atoms with Crippen molar-refractivity contribution in [2.75, 3.05) is 13.1 Å². The van der Waals surface area contributed by atoms with E-state index in [9.17, 15) is 8.42 Å². The second-order valence-corrected chi connectivity index (χ2v) is 8.46. The number of aryl methyl sites for hydroxylation is 2. The maximum atomic E-state index is 12.8. The fourth-order valence-electron chi connectivity index (χ4n) is 3.04. The molecule has 3 rings (SSSR count). The third-order valence-electron chi connectivity index (χ3n) is 4.44. The molecule has 0 spiro atoms. The molecule has 2 aromatic rings. The van der Waals surface area contributed by atoms with Crippen molar-refractivity contribution in [3.05, 3.63) is 23.1 Å². The molecule has 0 saturated carbocycles. The minimum atomic E-state index is -3.52. The van der Waals surface area contributed by atoms with Crippen LogP contribution in [0.3, 0.4) is 0 Å². The summed E-state index contributed by atoms with van der Waals surface area (Å²) in [7, 11) is -3.52. The lowest BCUT2D eigenvalue weighted by Gasteiger charge is -2.29. The Balaban J connectivity index is 1.72. The van der Waals surface area contributed by atoms with E-state index in [0.717, 1.165) is 0 Å². The van der Waals surface area contributed by atoms with Crippen molar-refractivity contribution in [2.24, 2.45) is 0 Å². The molecule has 1 aliphatic rings. The second-order valence-electron chi connectivity index (χ2n) is 6.59. The van der Waals surface area contributed by atoms with Crippen LogP contribution < -0.4 is 0 Å². The number of hydrogen-bond acceptors (Lipinski definition) is 6. The third kappa shape index (κ3) is 2.98. The Morgan fingerprint density at radius 2 is 1.92 bits per heavy atom. The van der Waals surface area contributed by atoms with Crippen molar-refractivity contribution in [3.63, 3.8) is 0 Å². The fraction of sp³-hybridized carbons (Fsp3) is 0.667. The summed E-state index contributed by atoms with van der Waals surface area (Å²) in [4.78, 5) is 4.73. The molecule has 1 aliphatic heterocycles. The van der Waals surface area contributed by atoms with Gasteiger partial charge in [0.1, 0.15) is 4.90 Å². The number of aromatic nitrogens is 4. The van der Waals surface area contributed by atoms with Crippen LogP contribution in [0.1, 0.15) is 61.6 Å². The van der Waals surface area contributed by atoms with Gasteiger partial charge in [-0.1, -0.05) is 19.0 Å². The maximum Gasteiger partial charge on any atom is 0.246 e. The van der Waals surface area contributed by atoms with Crippen molar-refractivity contribution >= 4 is 10.0 Å². The van der Waals surface area contributed by atoms with Crippen molar-refractivity contribution in [2.45, 2.75) is 57.3 Å². The van der Waals surface area contributed by atoms with Crippen LogP contribution in [0.4, 0.5) is 0 Å². The second kappa shape index (κ2) is 6.29. The van der Waals surface area contributed by atoms with Gasteiger partial charge in [-0.15, -0.1) is 0 Å². The average Bonchev–Trinajstić information content (AvgIpc) is 3.15. The molecule has 0 unspecified atom stereocenters. The van der Waals surface area contributed by atoms with Crippen molar-refractivity contribution < 1.29 is 12.9 Å². The van der Waals surface area contributed by atoms with Crippen LogP contribution in [0, 0.1) is 13.8 Å². The van der Waals surface area contributed by atoms with Crippen LogP contribution in [0.2, 0.25) is 0 Å². The highest BCUT2D eigenvalue weighted by atomic mass is 32.2. The predicted molar refractivity (Wildman–Crippen MR) is 87.2 cm³/mol. The molecular weight excluding hydrogens is 330 g/mol. The normalized spacial score (nSPS) is 17.7. The zero-order valence-corrected chi connectivity index (χ0v) is 15.2. The SMILES string of the molecule is Cc1n[nH]c(C)c1S(=O)(=O)N1CCC(c2nc(C(C)C)no2)CC1. The Hall–Kier alpha value is -1.74. The summed E-state index contributed by atoms with van der Waals surface area (Å²) in [5, 5.41) is 10.7. The number of sulfonamides is 1. The first-order valence-electron chi connectivity index (χ1n) is 8.16. The fourth-order valence-corrected chi connectivity index (χ4v) is 4.84. The quantitative estimate of drug-likeness (QED) is 0.902. The zero-order chi connectivity index (χ0) is 17.5. The minimum Gasteiger partial charge on any atom is -0.339 e. The van der Waals surface area contributed by atoms with E-state index >= 15 is 0 Å². The van der Waals surface area contributed by atoms with Crippen LogP contribution in [0.25, 0.3) is 0 Å². The predicted octanol–water partition coefficient (Wildman–Crippen LogP) is 2.10. The van der Waals surface area contributed by atoms with E-state index in [1.165, 1.54) is 4.31 Å². The van der Waals surface area contributed by atoms with E-state index < -0.39 is 10.0 Å². The Labute approximate surface area is 141 Å². The summed E-state index contributed by atoms with van der Waals surface area (Å²) in [6.07, 6.45) is 1.35. The Morgan fingerprint density at radius 3 is 2.42 bits per heavy atom. The van der Waals surface area contributed by atoms with Gasteiger partial charge in [0.05, 0.1) is 11.4 Å². The van der Waals surface area contributed by atoms with Gasteiger partial charge in [-0.3, -0.25) is 5.10 Å². The maximum absolute atomic E-state index is 12.8. The minimum absolute atomic E-state index is 0.114. The number of H-pyrrole nitrogens is 1. The van der Waals surface area contributed by atoms with E-state index in [1.807, 2.05) is 13.8 Å².